The van der Waals surface area contributed by atoms with Gasteiger partial charge in [-0.25, -0.2) is 9.59 Å². The lowest BCUT2D eigenvalue weighted by atomic mass is 10.1. The second-order valence-electron chi connectivity index (χ2n) is 9.53. The van der Waals surface area contributed by atoms with Crippen molar-refractivity contribution in [3.8, 4) is 11.4 Å². The van der Waals surface area contributed by atoms with Crippen LogP contribution < -0.4 is 15.4 Å². The summed E-state index contributed by atoms with van der Waals surface area (Å²) in [6, 6.07) is 14.5. The smallest absolute Gasteiger partial charge is 0.348 e. The fraction of sp³-hybridized carbons (Fsp3) is 0.290. The summed E-state index contributed by atoms with van der Waals surface area (Å²) in [4.78, 5) is 51.4. The van der Waals surface area contributed by atoms with Gasteiger partial charge in [-0.15, -0.1) is 21.5 Å². The first-order valence-corrected chi connectivity index (χ1v) is 15.8. The van der Waals surface area contributed by atoms with Gasteiger partial charge in [0.25, 0.3) is 5.91 Å². The molecule has 2 amide bonds. The second kappa shape index (κ2) is 15.3. The molecule has 236 valence electrons. The predicted molar refractivity (Wildman–Crippen MR) is 171 cm³/mol. The SMILES string of the molecule is CCOC(=O)c1sc(NC(=O)CSc2nnc(CNC(=O)c3cccc(OC)c3)n2-c2cccc(C)c2)c(C(=O)OCC)c1C. The molecule has 2 N–H and O–H groups in total. The first kappa shape index (κ1) is 33.2. The van der Waals surface area contributed by atoms with Crippen LogP contribution >= 0.6 is 23.1 Å². The Balaban J connectivity index is 1.54. The molecule has 14 heteroatoms. The van der Waals surface area contributed by atoms with Crippen LogP contribution in [0.25, 0.3) is 5.69 Å². The van der Waals surface area contributed by atoms with Crippen LogP contribution in [0.4, 0.5) is 5.00 Å². The molecule has 2 heterocycles. The molecule has 0 saturated carbocycles. The maximum absolute atomic E-state index is 13.1. The first-order chi connectivity index (χ1) is 21.7. The quantitative estimate of drug-likeness (QED) is 0.150. The third-order valence-corrected chi connectivity index (χ3v) is 8.49. The molecule has 0 spiro atoms. The molecule has 0 aliphatic carbocycles. The molecule has 4 aromatic rings. The monoisotopic (exact) mass is 651 g/mol. The molecule has 0 unspecified atom stereocenters. The van der Waals surface area contributed by atoms with Gasteiger partial charge in [0.15, 0.2) is 11.0 Å². The summed E-state index contributed by atoms with van der Waals surface area (Å²) in [7, 11) is 1.53. The summed E-state index contributed by atoms with van der Waals surface area (Å²) in [5.74, 6) is -1.05. The molecular formula is C31H33N5O7S2. The number of hydrogen-bond donors (Lipinski definition) is 2. The maximum atomic E-state index is 13.1. The van der Waals surface area contributed by atoms with Crippen LogP contribution in [0.3, 0.4) is 0 Å². The Kier molecular flexibility index (Phi) is 11.3. The number of nitrogens with one attached hydrogen (secondary N) is 2. The van der Waals surface area contributed by atoms with E-state index in [4.69, 9.17) is 14.2 Å². The highest BCUT2D eigenvalue weighted by molar-refractivity contribution is 7.99. The van der Waals surface area contributed by atoms with Crippen molar-refractivity contribution in [1.29, 1.82) is 0 Å². The lowest BCUT2D eigenvalue weighted by Gasteiger charge is -2.12. The summed E-state index contributed by atoms with van der Waals surface area (Å²) < 4.78 is 17.3. The van der Waals surface area contributed by atoms with E-state index >= 15 is 0 Å². The Morgan fingerprint density at radius 2 is 1.69 bits per heavy atom. The third-order valence-electron chi connectivity index (χ3n) is 6.37. The number of nitrogens with zero attached hydrogens (tertiary/aromatic N) is 3. The molecule has 0 bridgehead atoms. The molecule has 12 nitrogen and oxygen atoms in total. The number of thioether (sulfide) groups is 1. The number of anilines is 1. The first-order valence-electron chi connectivity index (χ1n) is 14.0. The molecule has 0 radical (unpaired) electrons. The van der Waals surface area contributed by atoms with Gasteiger partial charge in [0, 0.05) is 11.3 Å². The number of amides is 2. The summed E-state index contributed by atoms with van der Waals surface area (Å²) in [6.45, 7) is 7.27. The van der Waals surface area contributed by atoms with Crippen LogP contribution in [0, 0.1) is 13.8 Å². The van der Waals surface area contributed by atoms with Gasteiger partial charge in [0.1, 0.15) is 15.6 Å². The van der Waals surface area contributed by atoms with E-state index in [0.717, 1.165) is 34.3 Å². The zero-order valence-corrected chi connectivity index (χ0v) is 27.1. The summed E-state index contributed by atoms with van der Waals surface area (Å²) >= 11 is 2.08. The van der Waals surface area contributed by atoms with Gasteiger partial charge in [-0.2, -0.15) is 0 Å². The lowest BCUT2D eigenvalue weighted by molar-refractivity contribution is -0.113. The molecular weight excluding hydrogens is 619 g/mol. The number of rotatable bonds is 13. The maximum Gasteiger partial charge on any atom is 0.348 e. The molecule has 0 fully saturated rings. The van der Waals surface area contributed by atoms with E-state index in [1.807, 2.05) is 31.2 Å². The van der Waals surface area contributed by atoms with Crippen LogP contribution in [0.1, 0.15) is 61.2 Å². The predicted octanol–water partition coefficient (Wildman–Crippen LogP) is 4.97. The summed E-state index contributed by atoms with van der Waals surface area (Å²) in [5, 5.41) is 14.8. The number of ether oxygens (including phenoxy) is 3. The van der Waals surface area contributed by atoms with E-state index in [1.54, 1.807) is 49.6 Å². The molecule has 0 aliphatic rings. The zero-order chi connectivity index (χ0) is 32.5. The number of carbonyl (C=O) groups is 4. The van der Waals surface area contributed by atoms with Gasteiger partial charge in [0.05, 0.1) is 38.2 Å². The average molecular weight is 652 g/mol. The van der Waals surface area contributed by atoms with Crippen molar-refractivity contribution in [3.63, 3.8) is 0 Å². The van der Waals surface area contributed by atoms with Gasteiger partial charge in [-0.05, 0) is 69.2 Å². The minimum atomic E-state index is -0.649. The highest BCUT2D eigenvalue weighted by Gasteiger charge is 2.27. The van der Waals surface area contributed by atoms with Crippen LogP contribution in [0.5, 0.6) is 5.75 Å². The number of esters is 2. The van der Waals surface area contributed by atoms with Crippen molar-refractivity contribution in [1.82, 2.24) is 20.1 Å². The van der Waals surface area contributed by atoms with Crippen molar-refractivity contribution in [2.24, 2.45) is 0 Å². The molecule has 2 aromatic heterocycles. The molecule has 0 aliphatic heterocycles. The lowest BCUT2D eigenvalue weighted by Crippen LogP contribution is -2.24. The Morgan fingerprint density at radius 3 is 2.40 bits per heavy atom. The van der Waals surface area contributed by atoms with Crippen molar-refractivity contribution >= 4 is 51.9 Å². The van der Waals surface area contributed by atoms with Crippen LogP contribution in [-0.2, 0) is 20.8 Å². The van der Waals surface area contributed by atoms with Gasteiger partial charge >= 0.3 is 11.9 Å². The van der Waals surface area contributed by atoms with Crippen LogP contribution in [0.2, 0.25) is 0 Å². The van der Waals surface area contributed by atoms with Crippen LogP contribution in [-0.4, -0.2) is 64.6 Å². The highest BCUT2D eigenvalue weighted by atomic mass is 32.2. The standard InChI is InChI=1S/C31H33N5O7S2/c1-6-42-29(39)25-19(4)26(30(40)43-7-2)45-28(25)33-24(37)17-44-31-35-34-23(36(31)21-12-8-10-18(3)14-21)16-32-27(38)20-11-9-13-22(15-20)41-5/h8-15H,6-7,16-17H2,1-5H3,(H,32,38)(H,33,37). The third kappa shape index (κ3) is 8.08. The van der Waals surface area contributed by atoms with E-state index < -0.39 is 17.8 Å². The molecule has 0 saturated heterocycles. The zero-order valence-electron chi connectivity index (χ0n) is 25.5. The van der Waals surface area contributed by atoms with Crippen molar-refractivity contribution < 1.29 is 33.4 Å². The number of aromatic nitrogens is 3. The number of hydrogen-bond acceptors (Lipinski definition) is 11. The number of methoxy groups -OCH3 is 1. The van der Waals surface area contributed by atoms with E-state index in [0.29, 0.717) is 27.9 Å². The second-order valence-corrected chi connectivity index (χ2v) is 11.5. The van der Waals surface area contributed by atoms with Crippen LogP contribution in [0.15, 0.2) is 53.7 Å². The summed E-state index contributed by atoms with van der Waals surface area (Å²) in [5.41, 5.74) is 2.67. The van der Waals surface area contributed by atoms with Crippen molar-refractivity contribution in [2.45, 2.75) is 39.4 Å². The molecule has 0 atom stereocenters. The van der Waals surface area contributed by atoms with E-state index in [-0.39, 0.29) is 46.9 Å². The Bertz CT molecular complexity index is 1720. The van der Waals surface area contributed by atoms with Crippen molar-refractivity contribution in [3.05, 3.63) is 81.5 Å². The normalized spacial score (nSPS) is 10.7. The molecule has 45 heavy (non-hydrogen) atoms. The average Bonchev–Trinajstić information content (AvgIpc) is 3.59. The number of aryl methyl sites for hydroxylation is 1. The number of benzene rings is 2. The summed E-state index contributed by atoms with van der Waals surface area (Å²) in [6.07, 6.45) is 0. The Labute approximate surface area is 268 Å². The van der Waals surface area contributed by atoms with Gasteiger partial charge in [0.2, 0.25) is 5.91 Å². The topological polar surface area (TPSA) is 151 Å². The number of carbonyl (C=O) groups excluding carboxylic acids is 4. The van der Waals surface area contributed by atoms with Gasteiger partial charge < -0.3 is 24.8 Å². The minimum absolute atomic E-state index is 0.0672. The Hall–Kier alpha value is -4.69. The fourth-order valence-electron chi connectivity index (χ4n) is 4.30. The highest BCUT2D eigenvalue weighted by Crippen LogP contribution is 2.35. The fourth-order valence-corrected chi connectivity index (χ4v) is 6.17. The van der Waals surface area contributed by atoms with E-state index in [9.17, 15) is 19.2 Å². The van der Waals surface area contributed by atoms with Crippen molar-refractivity contribution in [2.75, 3.05) is 31.4 Å². The number of thiophene rings is 1. The minimum Gasteiger partial charge on any atom is -0.497 e. The molecule has 2 aromatic carbocycles. The van der Waals surface area contributed by atoms with E-state index in [1.165, 1.54) is 7.11 Å². The van der Waals surface area contributed by atoms with Gasteiger partial charge in [-0.3, -0.25) is 14.2 Å². The largest absolute Gasteiger partial charge is 0.497 e. The van der Waals surface area contributed by atoms with E-state index in [2.05, 4.69) is 20.8 Å². The molecule has 4 rings (SSSR count). The Morgan fingerprint density at radius 1 is 0.956 bits per heavy atom. The van der Waals surface area contributed by atoms with Gasteiger partial charge in [-0.1, -0.05) is 30.0 Å².